The molecule has 150 valence electrons. The molecule has 4 rings (SSSR count). The van der Waals surface area contributed by atoms with Gasteiger partial charge in [-0.3, -0.25) is 4.79 Å². The van der Waals surface area contributed by atoms with Crippen molar-refractivity contribution in [2.24, 2.45) is 0 Å². The highest BCUT2D eigenvalue weighted by Gasteiger charge is 2.54. The quantitative estimate of drug-likeness (QED) is 0.705. The molecule has 11 heteroatoms. The number of hydrogen-bond donors (Lipinski definition) is 0. The maximum Gasteiger partial charge on any atom is 0.281 e. The molecule has 3 saturated heterocycles. The first-order valence-corrected chi connectivity index (χ1v) is 10.6. The molecular weight excluding hydrogens is 374 g/mol. The number of ether oxygens (including phenoxy) is 1. The van der Waals surface area contributed by atoms with Crippen molar-refractivity contribution in [1.29, 1.82) is 0 Å². The zero-order chi connectivity index (χ0) is 19.4. The van der Waals surface area contributed by atoms with Gasteiger partial charge in [0.25, 0.3) is 16.1 Å². The lowest BCUT2D eigenvalue weighted by atomic mass is 9.84. The number of aryl methyl sites for hydroxylation is 1. The summed E-state index contributed by atoms with van der Waals surface area (Å²) >= 11 is 0. The van der Waals surface area contributed by atoms with Crippen molar-refractivity contribution < 1.29 is 22.6 Å². The average Bonchev–Trinajstić information content (AvgIpc) is 3.16. The van der Waals surface area contributed by atoms with Gasteiger partial charge >= 0.3 is 0 Å². The van der Waals surface area contributed by atoms with Gasteiger partial charge < -0.3 is 9.64 Å². The molecule has 3 aliphatic rings. The molecule has 4 heterocycles. The van der Waals surface area contributed by atoms with Crippen LogP contribution in [-0.4, -0.2) is 89.6 Å². The lowest BCUT2D eigenvalue weighted by Gasteiger charge is -2.50. The maximum absolute atomic E-state index is 12.9. The first-order chi connectivity index (χ1) is 12.7. The SMILES string of the molecule is Cc1nonc1C(=O)N1[C@@H]2CC[C@H]1CC1(C2)CN(S(=O)(=O)N(C)C)CCO1. The molecule has 1 aromatic rings. The number of fused-ring (bicyclic) bond motifs is 2. The molecule has 3 fully saturated rings. The van der Waals surface area contributed by atoms with Crippen LogP contribution in [0.2, 0.25) is 0 Å². The average molecular weight is 399 g/mol. The summed E-state index contributed by atoms with van der Waals surface area (Å²) < 4.78 is 38.7. The topological polar surface area (TPSA) is 109 Å². The highest BCUT2D eigenvalue weighted by molar-refractivity contribution is 7.86. The third kappa shape index (κ3) is 3.06. The second-order valence-corrected chi connectivity index (χ2v) is 10.0. The van der Waals surface area contributed by atoms with Crippen LogP contribution in [0.1, 0.15) is 41.9 Å². The minimum atomic E-state index is -3.49. The van der Waals surface area contributed by atoms with Crippen LogP contribution in [0.25, 0.3) is 0 Å². The van der Waals surface area contributed by atoms with E-state index in [1.165, 1.54) is 22.7 Å². The van der Waals surface area contributed by atoms with Crippen LogP contribution < -0.4 is 0 Å². The molecule has 1 amide bonds. The van der Waals surface area contributed by atoms with E-state index in [1.54, 1.807) is 6.92 Å². The summed E-state index contributed by atoms with van der Waals surface area (Å²) in [6.07, 6.45) is 3.01. The van der Waals surface area contributed by atoms with Gasteiger partial charge in [-0.2, -0.15) is 17.0 Å². The third-order valence-corrected chi connectivity index (χ3v) is 7.81. The van der Waals surface area contributed by atoms with Crippen molar-refractivity contribution in [3.63, 3.8) is 0 Å². The van der Waals surface area contributed by atoms with Gasteiger partial charge in [0.2, 0.25) is 0 Å². The molecule has 1 spiro atoms. The van der Waals surface area contributed by atoms with Gasteiger partial charge in [0, 0.05) is 39.3 Å². The van der Waals surface area contributed by atoms with Crippen molar-refractivity contribution in [2.75, 3.05) is 33.8 Å². The van der Waals surface area contributed by atoms with Gasteiger partial charge in [0.05, 0.1) is 12.2 Å². The van der Waals surface area contributed by atoms with E-state index >= 15 is 0 Å². The van der Waals surface area contributed by atoms with Crippen molar-refractivity contribution in [1.82, 2.24) is 23.8 Å². The van der Waals surface area contributed by atoms with Gasteiger partial charge in [-0.1, -0.05) is 5.16 Å². The zero-order valence-electron chi connectivity index (χ0n) is 15.8. The normalized spacial score (nSPS) is 31.8. The Hall–Kier alpha value is -1.56. The number of morpholine rings is 1. The second-order valence-electron chi connectivity index (χ2n) is 7.86. The summed E-state index contributed by atoms with van der Waals surface area (Å²) in [5.41, 5.74) is 0.196. The molecule has 1 unspecified atom stereocenters. The maximum atomic E-state index is 12.9. The molecule has 0 aliphatic carbocycles. The number of amides is 1. The molecule has 10 nitrogen and oxygen atoms in total. The Morgan fingerprint density at radius 1 is 1.22 bits per heavy atom. The molecule has 3 atom stereocenters. The molecule has 0 saturated carbocycles. The van der Waals surface area contributed by atoms with E-state index in [0.29, 0.717) is 38.2 Å². The van der Waals surface area contributed by atoms with E-state index in [2.05, 4.69) is 14.9 Å². The van der Waals surface area contributed by atoms with Crippen molar-refractivity contribution >= 4 is 16.1 Å². The Balaban J connectivity index is 1.55. The molecule has 27 heavy (non-hydrogen) atoms. The Bertz CT molecular complexity index is 824. The number of rotatable bonds is 3. The standard InChI is InChI=1S/C16H25N5O5S/c1-11-14(18-26-17-11)15(22)21-12-4-5-13(21)9-16(8-12)10-20(6-7-25-16)27(23,24)19(2)3/h12-13H,4-10H2,1-3H3/t12-,13+,16?. The smallest absolute Gasteiger partial charge is 0.281 e. The van der Waals surface area contributed by atoms with Crippen LogP contribution in [0.4, 0.5) is 0 Å². The molecule has 0 radical (unpaired) electrons. The first-order valence-electron chi connectivity index (χ1n) is 9.17. The summed E-state index contributed by atoms with van der Waals surface area (Å²) in [5.74, 6) is -0.162. The molecule has 2 bridgehead atoms. The summed E-state index contributed by atoms with van der Waals surface area (Å²) in [4.78, 5) is 14.8. The van der Waals surface area contributed by atoms with E-state index in [-0.39, 0.29) is 23.7 Å². The fourth-order valence-corrected chi connectivity index (χ4v) is 5.83. The summed E-state index contributed by atoms with van der Waals surface area (Å²) in [7, 11) is -0.409. The largest absolute Gasteiger partial charge is 0.372 e. The summed E-state index contributed by atoms with van der Waals surface area (Å²) in [5, 5.41) is 7.46. The minimum Gasteiger partial charge on any atom is -0.372 e. The number of nitrogens with zero attached hydrogens (tertiary/aromatic N) is 5. The number of piperidine rings is 1. The van der Waals surface area contributed by atoms with E-state index in [0.717, 1.165) is 12.8 Å². The molecule has 0 aromatic carbocycles. The van der Waals surface area contributed by atoms with Crippen LogP contribution in [0.15, 0.2) is 4.63 Å². The lowest BCUT2D eigenvalue weighted by Crippen LogP contribution is -2.62. The molecule has 3 aliphatic heterocycles. The molecule has 0 N–H and O–H groups in total. The number of hydrogen-bond acceptors (Lipinski definition) is 7. The van der Waals surface area contributed by atoms with E-state index in [4.69, 9.17) is 4.74 Å². The molecule has 1 aromatic heterocycles. The molecular formula is C16H25N5O5S. The van der Waals surface area contributed by atoms with Crippen molar-refractivity contribution in [3.8, 4) is 0 Å². The Kier molecular flexibility index (Phi) is 4.53. The van der Waals surface area contributed by atoms with Crippen LogP contribution in [0.5, 0.6) is 0 Å². The first kappa shape index (κ1) is 18.8. The Morgan fingerprint density at radius 2 is 1.89 bits per heavy atom. The fraction of sp³-hybridized carbons (Fsp3) is 0.812. The number of carbonyl (C=O) groups excluding carboxylic acids is 1. The summed E-state index contributed by atoms with van der Waals surface area (Å²) in [6.45, 7) is 2.75. The second kappa shape index (κ2) is 6.50. The van der Waals surface area contributed by atoms with E-state index < -0.39 is 15.8 Å². The fourth-order valence-electron chi connectivity index (χ4n) is 4.67. The highest BCUT2D eigenvalue weighted by atomic mass is 32.2. The van der Waals surface area contributed by atoms with Crippen molar-refractivity contribution in [2.45, 2.75) is 50.3 Å². The van der Waals surface area contributed by atoms with E-state index in [9.17, 15) is 13.2 Å². The van der Waals surface area contributed by atoms with Crippen LogP contribution in [0.3, 0.4) is 0 Å². The van der Waals surface area contributed by atoms with Gasteiger partial charge in [0.15, 0.2) is 5.69 Å². The van der Waals surface area contributed by atoms with Gasteiger partial charge in [-0.25, -0.2) is 4.63 Å². The number of aromatic nitrogens is 2. The Labute approximate surface area is 158 Å². The predicted molar refractivity (Wildman–Crippen MR) is 94.1 cm³/mol. The zero-order valence-corrected chi connectivity index (χ0v) is 16.6. The van der Waals surface area contributed by atoms with Crippen LogP contribution in [-0.2, 0) is 14.9 Å². The predicted octanol–water partition coefficient (Wildman–Crippen LogP) is 0.0224. The van der Waals surface area contributed by atoms with E-state index in [1.807, 2.05) is 4.90 Å². The summed E-state index contributed by atoms with van der Waals surface area (Å²) in [6, 6.07) is 0.0173. The van der Waals surface area contributed by atoms with Crippen molar-refractivity contribution in [3.05, 3.63) is 11.4 Å². The lowest BCUT2D eigenvalue weighted by molar-refractivity contribution is -0.130. The number of carbonyl (C=O) groups is 1. The third-order valence-electron chi connectivity index (χ3n) is 5.93. The highest BCUT2D eigenvalue weighted by Crippen LogP contribution is 2.45. The Morgan fingerprint density at radius 3 is 2.44 bits per heavy atom. The monoisotopic (exact) mass is 399 g/mol. The minimum absolute atomic E-state index is 0.00867. The van der Waals surface area contributed by atoms with Gasteiger partial charge in [-0.05, 0) is 37.8 Å². The van der Waals surface area contributed by atoms with Gasteiger partial charge in [-0.15, -0.1) is 0 Å². The van der Waals surface area contributed by atoms with Crippen LogP contribution >= 0.6 is 0 Å². The van der Waals surface area contributed by atoms with Gasteiger partial charge in [0.1, 0.15) is 5.69 Å². The van der Waals surface area contributed by atoms with Crippen LogP contribution in [0, 0.1) is 6.92 Å².